The third-order valence-electron chi connectivity index (χ3n) is 5.73. The van der Waals surface area contributed by atoms with Gasteiger partial charge in [-0.25, -0.2) is 9.59 Å². The second-order valence-electron chi connectivity index (χ2n) is 7.99. The molecule has 0 unspecified atom stereocenters. The van der Waals surface area contributed by atoms with E-state index in [9.17, 15) is 14.4 Å². The number of carbonyl (C=O) groups is 3. The van der Waals surface area contributed by atoms with Crippen molar-refractivity contribution in [3.63, 3.8) is 0 Å². The molecule has 0 aliphatic rings. The lowest BCUT2D eigenvalue weighted by Crippen LogP contribution is -2.16. The molecule has 2 heterocycles. The number of ether oxygens (including phenoxy) is 2. The summed E-state index contributed by atoms with van der Waals surface area (Å²) in [5.41, 5.74) is 4.46. The molecule has 0 radical (unpaired) electrons. The Kier molecular flexibility index (Phi) is 6.64. The quantitative estimate of drug-likeness (QED) is 0.279. The number of benzene rings is 2. The van der Waals surface area contributed by atoms with Gasteiger partial charge in [0.1, 0.15) is 17.0 Å². The molecule has 0 spiro atoms. The highest BCUT2D eigenvalue weighted by molar-refractivity contribution is 6.02. The molecule has 0 fully saturated rings. The van der Waals surface area contributed by atoms with Gasteiger partial charge in [0.05, 0.1) is 12.7 Å². The van der Waals surface area contributed by atoms with Crippen molar-refractivity contribution in [2.75, 3.05) is 13.7 Å². The Hall–Kier alpha value is -4.46. The summed E-state index contributed by atoms with van der Waals surface area (Å²) in [5.74, 6) is -1.12. The Balaban J connectivity index is 1.52. The maximum absolute atomic E-state index is 13.0. The van der Waals surface area contributed by atoms with Crippen molar-refractivity contribution in [1.82, 2.24) is 9.72 Å². The fraction of sp³-hybridized carbons (Fsp3) is 0.185. The van der Waals surface area contributed by atoms with E-state index in [1.807, 2.05) is 48.7 Å². The zero-order valence-corrected chi connectivity index (χ0v) is 19.8. The van der Waals surface area contributed by atoms with Gasteiger partial charge in [0.15, 0.2) is 6.61 Å². The summed E-state index contributed by atoms with van der Waals surface area (Å²) in [7, 11) is 1.33. The van der Waals surface area contributed by atoms with Gasteiger partial charge in [-0.3, -0.25) is 4.79 Å². The molecule has 8 nitrogen and oxygen atoms in total. The van der Waals surface area contributed by atoms with Crippen LogP contribution in [0, 0.1) is 20.8 Å². The summed E-state index contributed by atoms with van der Waals surface area (Å²) in [6, 6.07) is 17.8. The first-order chi connectivity index (χ1) is 16.8. The molecule has 0 saturated heterocycles. The minimum atomic E-state index is -0.678. The molecule has 2 aromatic carbocycles. The van der Waals surface area contributed by atoms with E-state index in [2.05, 4.69) is 5.16 Å². The van der Waals surface area contributed by atoms with E-state index in [1.54, 1.807) is 37.3 Å². The van der Waals surface area contributed by atoms with Crippen LogP contribution in [-0.2, 0) is 9.47 Å². The Bertz CT molecular complexity index is 1400. The topological polar surface area (TPSA) is 101 Å². The molecule has 0 N–H and O–H groups in total. The van der Waals surface area contributed by atoms with Crippen LogP contribution in [-0.4, -0.2) is 41.2 Å². The van der Waals surface area contributed by atoms with Crippen LogP contribution in [0.15, 0.2) is 65.2 Å². The van der Waals surface area contributed by atoms with Crippen LogP contribution in [0.1, 0.15) is 48.2 Å². The van der Waals surface area contributed by atoms with E-state index in [1.165, 1.54) is 7.11 Å². The number of rotatable bonds is 7. The number of ketones is 1. The maximum Gasteiger partial charge on any atom is 0.344 e. The van der Waals surface area contributed by atoms with Gasteiger partial charge >= 0.3 is 11.9 Å². The molecule has 0 bridgehead atoms. The average molecular weight is 472 g/mol. The van der Waals surface area contributed by atoms with Gasteiger partial charge in [-0.2, -0.15) is 0 Å². The number of methoxy groups -OCH3 is 1. The Morgan fingerprint density at radius 3 is 2.29 bits per heavy atom. The molecule has 8 heteroatoms. The van der Waals surface area contributed by atoms with E-state index in [0.29, 0.717) is 33.8 Å². The van der Waals surface area contributed by atoms with E-state index in [4.69, 9.17) is 14.0 Å². The standard InChI is InChI=1S/C27H24N2O6/c1-16-14-22(17(2)29(16)21-12-10-20(11-13-21)26(31)33-4)23(30)15-34-27(32)24-18(3)35-28-25(24)19-8-6-5-7-9-19/h5-14H,15H2,1-4H3. The molecule has 35 heavy (non-hydrogen) atoms. The van der Waals surface area contributed by atoms with Crippen molar-refractivity contribution in [3.05, 3.63) is 94.5 Å². The molecule has 2 aromatic heterocycles. The van der Waals surface area contributed by atoms with Crippen LogP contribution in [0.3, 0.4) is 0 Å². The predicted octanol–water partition coefficient (Wildman–Crippen LogP) is 4.88. The predicted molar refractivity (Wildman–Crippen MR) is 128 cm³/mol. The van der Waals surface area contributed by atoms with Gasteiger partial charge < -0.3 is 18.6 Å². The maximum atomic E-state index is 13.0. The molecule has 0 amide bonds. The van der Waals surface area contributed by atoms with Gasteiger partial charge in [0.25, 0.3) is 0 Å². The lowest BCUT2D eigenvalue weighted by Gasteiger charge is -2.11. The van der Waals surface area contributed by atoms with Crippen LogP contribution < -0.4 is 0 Å². The van der Waals surface area contributed by atoms with Crippen molar-refractivity contribution < 1.29 is 28.4 Å². The molecule has 0 saturated carbocycles. The summed E-state index contributed by atoms with van der Waals surface area (Å²) in [6.45, 7) is 4.88. The van der Waals surface area contributed by atoms with Crippen molar-refractivity contribution in [3.8, 4) is 16.9 Å². The average Bonchev–Trinajstić information content (AvgIpc) is 3.41. The fourth-order valence-corrected chi connectivity index (χ4v) is 3.99. The van der Waals surface area contributed by atoms with E-state index >= 15 is 0 Å². The molecule has 0 aliphatic carbocycles. The van der Waals surface area contributed by atoms with Crippen molar-refractivity contribution in [2.24, 2.45) is 0 Å². The third kappa shape index (κ3) is 4.63. The lowest BCUT2D eigenvalue weighted by molar-refractivity contribution is 0.0473. The van der Waals surface area contributed by atoms with Crippen molar-refractivity contribution >= 4 is 17.7 Å². The highest BCUT2D eigenvalue weighted by Crippen LogP contribution is 2.26. The summed E-state index contributed by atoms with van der Waals surface area (Å²) in [4.78, 5) is 37.5. The SMILES string of the molecule is COC(=O)c1ccc(-n2c(C)cc(C(=O)COC(=O)c3c(-c4ccccc4)noc3C)c2C)cc1. The molecular weight excluding hydrogens is 448 g/mol. The van der Waals surface area contributed by atoms with Gasteiger partial charge in [0.2, 0.25) is 5.78 Å². The number of nitrogens with zero attached hydrogens (tertiary/aromatic N) is 2. The number of hydrogen-bond acceptors (Lipinski definition) is 7. The Morgan fingerprint density at radius 1 is 0.943 bits per heavy atom. The summed E-state index contributed by atoms with van der Waals surface area (Å²) < 4.78 is 17.2. The van der Waals surface area contributed by atoms with E-state index in [-0.39, 0.29) is 11.3 Å². The molecular formula is C27H24N2O6. The number of hydrogen-bond donors (Lipinski definition) is 0. The molecule has 178 valence electrons. The Labute approximate surface area is 202 Å². The largest absolute Gasteiger partial charge is 0.465 e. The molecule has 0 atom stereocenters. The number of aromatic nitrogens is 2. The summed E-state index contributed by atoms with van der Waals surface area (Å²) in [5, 5.41) is 3.98. The van der Waals surface area contributed by atoms with Gasteiger partial charge in [-0.05, 0) is 51.1 Å². The summed E-state index contributed by atoms with van der Waals surface area (Å²) in [6.07, 6.45) is 0. The zero-order chi connectivity index (χ0) is 25.1. The first-order valence-corrected chi connectivity index (χ1v) is 10.9. The fourth-order valence-electron chi connectivity index (χ4n) is 3.99. The first-order valence-electron chi connectivity index (χ1n) is 10.9. The van der Waals surface area contributed by atoms with Crippen LogP contribution in [0.25, 0.3) is 16.9 Å². The lowest BCUT2D eigenvalue weighted by atomic mass is 10.1. The van der Waals surface area contributed by atoms with E-state index in [0.717, 1.165) is 11.4 Å². The number of Topliss-reactive ketones (excluding diaryl/α,β-unsaturated/α-hetero) is 1. The second-order valence-corrected chi connectivity index (χ2v) is 7.99. The normalized spacial score (nSPS) is 10.7. The molecule has 4 rings (SSSR count). The third-order valence-corrected chi connectivity index (χ3v) is 5.73. The second kappa shape index (κ2) is 9.80. The zero-order valence-electron chi connectivity index (χ0n) is 19.8. The molecule has 4 aromatic rings. The van der Waals surface area contributed by atoms with Gasteiger partial charge in [-0.1, -0.05) is 35.5 Å². The van der Waals surface area contributed by atoms with Crippen LogP contribution in [0.5, 0.6) is 0 Å². The highest BCUT2D eigenvalue weighted by atomic mass is 16.5. The van der Waals surface area contributed by atoms with E-state index < -0.39 is 18.5 Å². The van der Waals surface area contributed by atoms with Crippen LogP contribution in [0.2, 0.25) is 0 Å². The van der Waals surface area contributed by atoms with Crippen molar-refractivity contribution in [2.45, 2.75) is 20.8 Å². The first kappa shape index (κ1) is 23.7. The van der Waals surface area contributed by atoms with Crippen molar-refractivity contribution in [1.29, 1.82) is 0 Å². The van der Waals surface area contributed by atoms with Crippen LogP contribution in [0.4, 0.5) is 0 Å². The molecule has 0 aliphatic heterocycles. The Morgan fingerprint density at radius 2 is 1.63 bits per heavy atom. The highest BCUT2D eigenvalue weighted by Gasteiger charge is 2.25. The minimum Gasteiger partial charge on any atom is -0.465 e. The minimum absolute atomic E-state index is 0.195. The number of esters is 2. The number of aryl methyl sites for hydroxylation is 2. The van der Waals surface area contributed by atoms with Gasteiger partial charge in [-0.15, -0.1) is 0 Å². The van der Waals surface area contributed by atoms with Gasteiger partial charge in [0, 0.05) is 28.2 Å². The smallest absolute Gasteiger partial charge is 0.344 e. The monoisotopic (exact) mass is 472 g/mol. The van der Waals surface area contributed by atoms with Crippen LogP contribution >= 0.6 is 0 Å². The number of carbonyl (C=O) groups excluding carboxylic acids is 3. The summed E-state index contributed by atoms with van der Waals surface area (Å²) >= 11 is 0.